The summed E-state index contributed by atoms with van der Waals surface area (Å²) in [6, 6.07) is 20.6. The second-order valence-corrected chi connectivity index (χ2v) is 7.78. The van der Waals surface area contributed by atoms with Crippen molar-refractivity contribution in [1.82, 2.24) is 0 Å². The number of esters is 1. The minimum absolute atomic E-state index is 0.0810. The zero-order valence-corrected chi connectivity index (χ0v) is 13.7. The third-order valence-corrected chi connectivity index (χ3v) is 6.69. The molecule has 0 spiro atoms. The van der Waals surface area contributed by atoms with E-state index in [0.29, 0.717) is 21.6 Å². The Bertz CT molecular complexity index is 612. The van der Waals surface area contributed by atoms with E-state index in [1.807, 2.05) is 43.3 Å². The molecule has 2 atom stereocenters. The fraction of sp³-hybridized carbons (Fsp3) is 0.278. The van der Waals surface area contributed by atoms with Crippen LogP contribution in [0.5, 0.6) is 0 Å². The van der Waals surface area contributed by atoms with Gasteiger partial charge in [-0.25, -0.2) is 0 Å². The molecular formula is C18H18O2Se. The van der Waals surface area contributed by atoms with E-state index in [0.717, 1.165) is 10.9 Å². The fourth-order valence-corrected chi connectivity index (χ4v) is 5.19. The summed E-state index contributed by atoms with van der Waals surface area (Å²) < 4.78 is 6.77. The molecule has 1 aliphatic heterocycles. The van der Waals surface area contributed by atoms with Gasteiger partial charge in [-0.2, -0.15) is 0 Å². The first-order valence-electron chi connectivity index (χ1n) is 7.12. The monoisotopic (exact) mass is 346 g/mol. The molecule has 0 N–H and O–H groups in total. The van der Waals surface area contributed by atoms with Crippen LogP contribution < -0.4 is 4.46 Å². The van der Waals surface area contributed by atoms with Crippen LogP contribution in [0, 0.1) is 5.92 Å². The second-order valence-electron chi connectivity index (χ2n) is 5.49. The van der Waals surface area contributed by atoms with Gasteiger partial charge in [-0.15, -0.1) is 0 Å². The van der Waals surface area contributed by atoms with Crippen molar-refractivity contribution in [3.05, 3.63) is 66.2 Å². The van der Waals surface area contributed by atoms with Crippen molar-refractivity contribution in [3.8, 4) is 0 Å². The van der Waals surface area contributed by atoms with Crippen LogP contribution in [-0.4, -0.2) is 27.5 Å². The predicted octanol–water partition coefficient (Wildman–Crippen LogP) is 2.57. The normalized spacial score (nSPS) is 24.8. The van der Waals surface area contributed by atoms with Crippen LogP contribution >= 0.6 is 0 Å². The number of rotatable bonds is 4. The van der Waals surface area contributed by atoms with Crippen LogP contribution in [0.4, 0.5) is 0 Å². The summed E-state index contributed by atoms with van der Waals surface area (Å²) in [5, 5.41) is 1.02. The first-order valence-corrected chi connectivity index (χ1v) is 9.18. The van der Waals surface area contributed by atoms with E-state index in [1.54, 1.807) is 0 Å². The molecule has 0 radical (unpaired) electrons. The van der Waals surface area contributed by atoms with Gasteiger partial charge in [0.15, 0.2) is 0 Å². The third-order valence-electron chi connectivity index (χ3n) is 4.22. The number of ether oxygens (including phenoxy) is 1. The molecular weight excluding hydrogens is 327 g/mol. The van der Waals surface area contributed by atoms with Gasteiger partial charge in [-0.05, 0) is 0 Å². The number of hydrogen-bond acceptors (Lipinski definition) is 2. The van der Waals surface area contributed by atoms with E-state index in [9.17, 15) is 4.79 Å². The van der Waals surface area contributed by atoms with E-state index < -0.39 is 5.41 Å². The van der Waals surface area contributed by atoms with Crippen LogP contribution in [-0.2, 0) is 14.9 Å². The van der Waals surface area contributed by atoms with Crippen molar-refractivity contribution in [1.29, 1.82) is 0 Å². The van der Waals surface area contributed by atoms with Crippen molar-refractivity contribution in [2.24, 2.45) is 5.92 Å². The molecule has 108 valence electrons. The molecule has 1 saturated heterocycles. The quantitative estimate of drug-likeness (QED) is 0.629. The van der Waals surface area contributed by atoms with E-state index in [-0.39, 0.29) is 11.9 Å². The van der Waals surface area contributed by atoms with E-state index in [1.165, 1.54) is 4.46 Å². The van der Waals surface area contributed by atoms with Crippen molar-refractivity contribution in [3.63, 3.8) is 0 Å². The summed E-state index contributed by atoms with van der Waals surface area (Å²) in [5.41, 5.74) is 0.569. The van der Waals surface area contributed by atoms with Gasteiger partial charge in [0.1, 0.15) is 0 Å². The molecule has 3 rings (SSSR count). The fourth-order valence-electron chi connectivity index (χ4n) is 2.73. The molecule has 3 heteroatoms. The summed E-state index contributed by atoms with van der Waals surface area (Å²) in [6.07, 6.45) is 0. The third kappa shape index (κ3) is 2.76. The van der Waals surface area contributed by atoms with Gasteiger partial charge in [0, 0.05) is 0 Å². The van der Waals surface area contributed by atoms with Gasteiger partial charge in [-0.3, -0.25) is 0 Å². The minimum atomic E-state index is -0.502. The van der Waals surface area contributed by atoms with Gasteiger partial charge >= 0.3 is 131 Å². The van der Waals surface area contributed by atoms with Crippen LogP contribution in [0.25, 0.3) is 0 Å². The maximum absolute atomic E-state index is 12.3. The van der Waals surface area contributed by atoms with Gasteiger partial charge in [0.2, 0.25) is 0 Å². The predicted molar refractivity (Wildman–Crippen MR) is 84.9 cm³/mol. The van der Waals surface area contributed by atoms with Gasteiger partial charge in [0.25, 0.3) is 0 Å². The van der Waals surface area contributed by atoms with Crippen molar-refractivity contribution >= 4 is 25.4 Å². The molecule has 2 aromatic carbocycles. The Morgan fingerprint density at radius 3 is 2.38 bits per heavy atom. The SMILES string of the molecule is C[C@]1(c2ccccc2)C(=O)OC[C@@H]1C[Se]c1ccccc1. The summed E-state index contributed by atoms with van der Waals surface area (Å²) >= 11 is 0.371. The average Bonchev–Trinajstić information content (AvgIpc) is 2.84. The topological polar surface area (TPSA) is 26.3 Å². The Balaban J connectivity index is 1.80. The molecule has 1 aliphatic rings. The molecule has 21 heavy (non-hydrogen) atoms. The molecule has 1 heterocycles. The zero-order valence-electron chi connectivity index (χ0n) is 12.0. The summed E-state index contributed by atoms with van der Waals surface area (Å²) in [6.45, 7) is 2.57. The Kier molecular flexibility index (Phi) is 4.14. The maximum atomic E-state index is 12.3. The summed E-state index contributed by atoms with van der Waals surface area (Å²) in [4.78, 5) is 12.3. The van der Waals surface area contributed by atoms with Crippen LogP contribution in [0.15, 0.2) is 60.7 Å². The number of carbonyl (C=O) groups excluding carboxylic acids is 1. The van der Waals surface area contributed by atoms with Gasteiger partial charge in [0.05, 0.1) is 0 Å². The van der Waals surface area contributed by atoms with Gasteiger partial charge in [-0.1, -0.05) is 0 Å². The molecule has 0 saturated carbocycles. The van der Waals surface area contributed by atoms with Crippen LogP contribution in [0.3, 0.4) is 0 Å². The van der Waals surface area contributed by atoms with E-state index >= 15 is 0 Å². The van der Waals surface area contributed by atoms with Crippen LogP contribution in [0.2, 0.25) is 5.32 Å². The van der Waals surface area contributed by atoms with Crippen LogP contribution in [0.1, 0.15) is 12.5 Å². The summed E-state index contributed by atoms with van der Waals surface area (Å²) in [5.74, 6) is 0.176. The first kappa shape index (κ1) is 14.4. The van der Waals surface area contributed by atoms with E-state index in [4.69, 9.17) is 4.74 Å². The molecule has 2 nitrogen and oxygen atoms in total. The molecule has 0 aromatic heterocycles. The molecule has 0 amide bonds. The Hall–Kier alpha value is -1.57. The number of cyclic esters (lactones) is 1. The van der Waals surface area contributed by atoms with Gasteiger partial charge < -0.3 is 0 Å². The Labute approximate surface area is 131 Å². The first-order chi connectivity index (χ1) is 10.2. The Morgan fingerprint density at radius 2 is 1.71 bits per heavy atom. The molecule has 0 bridgehead atoms. The summed E-state index contributed by atoms with van der Waals surface area (Å²) in [7, 11) is 0. The molecule has 2 aromatic rings. The van der Waals surface area contributed by atoms with Crippen molar-refractivity contribution in [2.45, 2.75) is 17.7 Å². The standard InChI is InChI=1S/C18H18O2Se/c1-18(14-8-4-2-5-9-14)15(12-20-17(18)19)13-21-16-10-6-3-7-11-16/h2-11,15H,12-13H2,1H3/t15-,18-/m1/s1. The number of benzene rings is 2. The molecule has 1 fully saturated rings. The van der Waals surface area contributed by atoms with Crippen molar-refractivity contribution < 1.29 is 9.53 Å². The van der Waals surface area contributed by atoms with E-state index in [2.05, 4.69) is 24.3 Å². The average molecular weight is 345 g/mol. The molecule has 0 unspecified atom stereocenters. The molecule has 0 aliphatic carbocycles. The number of carbonyl (C=O) groups is 1. The zero-order chi connectivity index (χ0) is 14.7. The van der Waals surface area contributed by atoms with Crippen molar-refractivity contribution in [2.75, 3.05) is 6.61 Å². The number of hydrogen-bond donors (Lipinski definition) is 0. The second kappa shape index (κ2) is 6.05. The Morgan fingerprint density at radius 1 is 1.10 bits per heavy atom.